The lowest BCUT2D eigenvalue weighted by Crippen LogP contribution is -2.34. The number of hydrazine groups is 1. The molecule has 0 saturated heterocycles. The molecule has 0 aliphatic carbocycles. The third-order valence-electron chi connectivity index (χ3n) is 1.56. The lowest BCUT2D eigenvalue weighted by atomic mass is 10.2. The number of rotatable bonds is 3. The summed E-state index contributed by atoms with van der Waals surface area (Å²) in [6, 6.07) is 0.282. The first-order valence-corrected chi connectivity index (χ1v) is 3.65. The maximum Gasteiger partial charge on any atom is 0.0946 e. The Morgan fingerprint density at radius 2 is 2.55 bits per heavy atom. The van der Waals surface area contributed by atoms with Crippen molar-refractivity contribution in [1.82, 2.24) is 15.0 Å². The Morgan fingerprint density at radius 3 is 3.00 bits per heavy atom. The molecule has 0 saturated carbocycles. The van der Waals surface area contributed by atoms with E-state index in [9.17, 15) is 0 Å². The van der Waals surface area contributed by atoms with Crippen molar-refractivity contribution < 1.29 is 0 Å². The van der Waals surface area contributed by atoms with Gasteiger partial charge in [0, 0.05) is 25.7 Å². The molecule has 11 heavy (non-hydrogen) atoms. The fraction of sp³-hybridized carbons (Fsp3) is 0.571. The van der Waals surface area contributed by atoms with E-state index in [4.69, 9.17) is 5.84 Å². The minimum absolute atomic E-state index is 0.282. The predicted molar refractivity (Wildman–Crippen MR) is 43.7 cm³/mol. The molecular weight excluding hydrogens is 140 g/mol. The van der Waals surface area contributed by atoms with Crippen LogP contribution < -0.4 is 11.3 Å². The van der Waals surface area contributed by atoms with Crippen molar-refractivity contribution in [3.8, 4) is 0 Å². The first-order chi connectivity index (χ1) is 5.22. The summed E-state index contributed by atoms with van der Waals surface area (Å²) in [6.07, 6.45) is 4.66. The van der Waals surface area contributed by atoms with Gasteiger partial charge in [-0.1, -0.05) is 0 Å². The molecule has 1 heterocycles. The fourth-order valence-electron chi connectivity index (χ4n) is 0.945. The van der Waals surface area contributed by atoms with E-state index >= 15 is 0 Å². The van der Waals surface area contributed by atoms with Crippen LogP contribution in [0.3, 0.4) is 0 Å². The third-order valence-corrected chi connectivity index (χ3v) is 1.56. The second-order valence-electron chi connectivity index (χ2n) is 2.80. The Bertz CT molecular complexity index is 218. The molecule has 0 fully saturated rings. The molecule has 62 valence electrons. The average molecular weight is 154 g/mol. The van der Waals surface area contributed by atoms with Crippen molar-refractivity contribution in [1.29, 1.82) is 0 Å². The smallest absolute Gasteiger partial charge is 0.0946 e. The SMILES string of the molecule is CC(Cc1cn(C)cn1)NN. The van der Waals surface area contributed by atoms with Crippen molar-refractivity contribution in [2.45, 2.75) is 19.4 Å². The van der Waals surface area contributed by atoms with Crippen LogP contribution in [0.5, 0.6) is 0 Å². The molecule has 1 aromatic heterocycles. The standard InChI is InChI=1S/C7H14N4/c1-6(10-8)3-7-4-11(2)5-9-7/h4-6,10H,3,8H2,1-2H3. The van der Waals surface area contributed by atoms with E-state index in [1.165, 1.54) is 0 Å². The van der Waals surface area contributed by atoms with Gasteiger partial charge in [-0.15, -0.1) is 0 Å². The zero-order valence-corrected chi connectivity index (χ0v) is 6.91. The highest BCUT2D eigenvalue weighted by atomic mass is 15.2. The highest BCUT2D eigenvalue weighted by molar-refractivity contribution is 4.98. The molecule has 1 unspecified atom stereocenters. The summed E-state index contributed by atoms with van der Waals surface area (Å²) in [4.78, 5) is 4.17. The van der Waals surface area contributed by atoms with Gasteiger partial charge in [0.25, 0.3) is 0 Å². The first-order valence-electron chi connectivity index (χ1n) is 3.65. The second kappa shape index (κ2) is 3.50. The molecule has 0 bridgehead atoms. The second-order valence-corrected chi connectivity index (χ2v) is 2.80. The Kier molecular flexibility index (Phi) is 2.62. The van der Waals surface area contributed by atoms with Crippen molar-refractivity contribution in [3.05, 3.63) is 18.2 Å². The van der Waals surface area contributed by atoms with Gasteiger partial charge in [-0.25, -0.2) is 4.98 Å². The zero-order valence-electron chi connectivity index (χ0n) is 6.91. The molecule has 0 aliphatic rings. The van der Waals surface area contributed by atoms with Crippen LogP contribution in [0.2, 0.25) is 0 Å². The minimum Gasteiger partial charge on any atom is -0.340 e. The summed E-state index contributed by atoms with van der Waals surface area (Å²) in [5.74, 6) is 5.24. The van der Waals surface area contributed by atoms with Crippen LogP contribution in [0.15, 0.2) is 12.5 Å². The van der Waals surface area contributed by atoms with E-state index < -0.39 is 0 Å². The van der Waals surface area contributed by atoms with Gasteiger partial charge in [0.1, 0.15) is 0 Å². The average Bonchev–Trinajstić information content (AvgIpc) is 2.35. The molecule has 4 nitrogen and oxygen atoms in total. The summed E-state index contributed by atoms with van der Waals surface area (Å²) < 4.78 is 1.93. The van der Waals surface area contributed by atoms with Gasteiger partial charge >= 0.3 is 0 Å². The summed E-state index contributed by atoms with van der Waals surface area (Å²) in [6.45, 7) is 2.02. The monoisotopic (exact) mass is 154 g/mol. The molecule has 3 N–H and O–H groups in total. The highest BCUT2D eigenvalue weighted by Gasteiger charge is 2.02. The molecule has 0 aliphatic heterocycles. The van der Waals surface area contributed by atoms with Gasteiger partial charge in [0.05, 0.1) is 12.0 Å². The molecule has 0 amide bonds. The van der Waals surface area contributed by atoms with Gasteiger partial charge in [0.2, 0.25) is 0 Å². The first kappa shape index (κ1) is 8.23. The van der Waals surface area contributed by atoms with Crippen LogP contribution in [-0.2, 0) is 13.5 Å². The third kappa shape index (κ3) is 2.32. The highest BCUT2D eigenvalue weighted by Crippen LogP contribution is 1.97. The Hall–Kier alpha value is -0.870. The van der Waals surface area contributed by atoms with Crippen LogP contribution >= 0.6 is 0 Å². The fourth-order valence-corrected chi connectivity index (χ4v) is 0.945. The topological polar surface area (TPSA) is 55.9 Å². The number of hydrogen-bond acceptors (Lipinski definition) is 3. The number of nitrogens with zero attached hydrogens (tertiary/aromatic N) is 2. The molecule has 0 spiro atoms. The number of aromatic nitrogens is 2. The molecule has 4 heteroatoms. The molecular formula is C7H14N4. The summed E-state index contributed by atoms with van der Waals surface area (Å²) in [7, 11) is 1.96. The van der Waals surface area contributed by atoms with Gasteiger partial charge in [0.15, 0.2) is 0 Å². The lowest BCUT2D eigenvalue weighted by Gasteiger charge is -2.05. The number of aryl methyl sites for hydroxylation is 1. The largest absolute Gasteiger partial charge is 0.340 e. The van der Waals surface area contributed by atoms with Crippen LogP contribution in [0.25, 0.3) is 0 Å². The van der Waals surface area contributed by atoms with Gasteiger partial charge in [-0.3, -0.25) is 11.3 Å². The van der Waals surface area contributed by atoms with Crippen molar-refractivity contribution in [3.63, 3.8) is 0 Å². The maximum absolute atomic E-state index is 5.24. The van der Waals surface area contributed by atoms with E-state index in [0.717, 1.165) is 12.1 Å². The van der Waals surface area contributed by atoms with Gasteiger partial charge in [-0.2, -0.15) is 0 Å². The van der Waals surface area contributed by atoms with Crippen molar-refractivity contribution >= 4 is 0 Å². The number of hydrogen-bond donors (Lipinski definition) is 2. The maximum atomic E-state index is 5.24. The normalized spacial score (nSPS) is 13.4. The summed E-state index contributed by atoms with van der Waals surface area (Å²) in [5, 5.41) is 0. The zero-order chi connectivity index (χ0) is 8.27. The van der Waals surface area contributed by atoms with Crippen LogP contribution in [0.1, 0.15) is 12.6 Å². The van der Waals surface area contributed by atoms with Crippen LogP contribution in [0, 0.1) is 0 Å². The Balaban J connectivity index is 2.50. The minimum atomic E-state index is 0.282. The number of nitrogens with one attached hydrogen (secondary N) is 1. The van der Waals surface area contributed by atoms with E-state index in [2.05, 4.69) is 10.4 Å². The molecule has 0 radical (unpaired) electrons. The van der Waals surface area contributed by atoms with E-state index in [1.54, 1.807) is 6.33 Å². The molecule has 1 atom stereocenters. The lowest BCUT2D eigenvalue weighted by molar-refractivity contribution is 0.562. The van der Waals surface area contributed by atoms with Crippen LogP contribution in [0.4, 0.5) is 0 Å². The Morgan fingerprint density at radius 1 is 1.82 bits per heavy atom. The molecule has 0 aromatic carbocycles. The number of nitrogens with two attached hydrogens (primary N) is 1. The molecule has 1 aromatic rings. The number of imidazole rings is 1. The van der Waals surface area contributed by atoms with Crippen LogP contribution in [-0.4, -0.2) is 15.6 Å². The molecule has 1 rings (SSSR count). The van der Waals surface area contributed by atoms with Crippen molar-refractivity contribution in [2.75, 3.05) is 0 Å². The summed E-state index contributed by atoms with van der Waals surface area (Å²) >= 11 is 0. The van der Waals surface area contributed by atoms with Gasteiger partial charge < -0.3 is 4.57 Å². The van der Waals surface area contributed by atoms with E-state index in [-0.39, 0.29) is 6.04 Å². The quantitative estimate of drug-likeness (QED) is 0.469. The predicted octanol–water partition coefficient (Wildman–Crippen LogP) is -0.186. The van der Waals surface area contributed by atoms with E-state index in [0.29, 0.717) is 0 Å². The van der Waals surface area contributed by atoms with Gasteiger partial charge in [-0.05, 0) is 6.92 Å². The summed E-state index contributed by atoms with van der Waals surface area (Å²) in [5.41, 5.74) is 3.74. The Labute approximate surface area is 66.4 Å². The van der Waals surface area contributed by atoms with E-state index in [1.807, 2.05) is 24.7 Å². The van der Waals surface area contributed by atoms with Crippen molar-refractivity contribution in [2.24, 2.45) is 12.9 Å².